The monoisotopic (exact) mass is 420 g/mol. The van der Waals surface area contributed by atoms with Gasteiger partial charge in [-0.25, -0.2) is 9.97 Å². The molecule has 25 heavy (non-hydrogen) atoms. The lowest BCUT2D eigenvalue weighted by molar-refractivity contribution is -0.113. The first-order valence-electron chi connectivity index (χ1n) is 7.43. The summed E-state index contributed by atoms with van der Waals surface area (Å²) in [4.78, 5) is 24.1. The summed E-state index contributed by atoms with van der Waals surface area (Å²) in [5.74, 6) is 1.42. The number of rotatable bonds is 4. The highest BCUT2D eigenvalue weighted by atomic mass is 79.9. The Morgan fingerprint density at radius 2 is 2.16 bits per heavy atom. The fourth-order valence-corrected chi connectivity index (χ4v) is 3.35. The molecule has 9 heteroatoms. The van der Waals surface area contributed by atoms with Crippen molar-refractivity contribution in [2.75, 3.05) is 17.9 Å². The van der Waals surface area contributed by atoms with E-state index >= 15 is 0 Å². The number of aromatic amines is 1. The standard InChI is InChI=1S/C16H13BrN4O3S/c1-8-10(17)5-11-15(18-8)21-16(20-11)25-6-14(22)19-9-2-3-12-13(4-9)24-7-23-12/h2-5H,6-7H2,1H3,(H,19,22)(H,18,20,21). The third-order valence-electron chi connectivity index (χ3n) is 3.58. The number of nitrogens with zero attached hydrogens (tertiary/aromatic N) is 2. The molecule has 0 atom stereocenters. The van der Waals surface area contributed by atoms with Crippen molar-refractivity contribution in [1.29, 1.82) is 0 Å². The fourth-order valence-electron chi connectivity index (χ4n) is 2.36. The number of anilines is 1. The number of aromatic nitrogens is 3. The van der Waals surface area contributed by atoms with Gasteiger partial charge in [0.15, 0.2) is 22.3 Å². The number of pyridine rings is 1. The van der Waals surface area contributed by atoms with Gasteiger partial charge in [0.1, 0.15) is 0 Å². The van der Waals surface area contributed by atoms with Gasteiger partial charge in [-0.1, -0.05) is 11.8 Å². The van der Waals surface area contributed by atoms with Crippen LogP contribution in [0.15, 0.2) is 33.9 Å². The minimum absolute atomic E-state index is 0.130. The molecule has 3 heterocycles. The lowest BCUT2D eigenvalue weighted by atomic mass is 10.3. The zero-order chi connectivity index (χ0) is 17.4. The molecule has 1 aliphatic rings. The van der Waals surface area contributed by atoms with Gasteiger partial charge in [-0.3, -0.25) is 4.79 Å². The summed E-state index contributed by atoms with van der Waals surface area (Å²) in [6, 6.07) is 7.23. The van der Waals surface area contributed by atoms with Crippen LogP contribution < -0.4 is 14.8 Å². The molecule has 1 aliphatic heterocycles. The lowest BCUT2D eigenvalue weighted by Crippen LogP contribution is -2.14. The quantitative estimate of drug-likeness (QED) is 0.627. The van der Waals surface area contributed by atoms with Crippen LogP contribution in [0.2, 0.25) is 0 Å². The van der Waals surface area contributed by atoms with Crippen molar-refractivity contribution in [2.45, 2.75) is 12.1 Å². The average molecular weight is 421 g/mol. The highest BCUT2D eigenvalue weighted by molar-refractivity contribution is 9.10. The Hall–Kier alpha value is -2.26. The van der Waals surface area contributed by atoms with E-state index in [2.05, 4.69) is 36.2 Å². The van der Waals surface area contributed by atoms with Gasteiger partial charge in [0.05, 0.1) is 17.0 Å². The Labute approximate surface area is 155 Å². The van der Waals surface area contributed by atoms with Crippen molar-refractivity contribution in [1.82, 2.24) is 15.0 Å². The maximum absolute atomic E-state index is 12.1. The van der Waals surface area contributed by atoms with Crippen LogP contribution in [0, 0.1) is 6.92 Å². The normalized spacial score (nSPS) is 12.6. The summed E-state index contributed by atoms with van der Waals surface area (Å²) >= 11 is 4.77. The van der Waals surface area contributed by atoms with Crippen LogP contribution in [-0.4, -0.2) is 33.4 Å². The second kappa shape index (κ2) is 6.57. The third kappa shape index (κ3) is 3.42. The molecule has 4 rings (SSSR count). The van der Waals surface area contributed by atoms with Gasteiger partial charge in [-0.05, 0) is 41.1 Å². The van der Waals surface area contributed by atoms with Crippen LogP contribution in [-0.2, 0) is 4.79 Å². The number of carbonyl (C=O) groups excluding carboxylic acids is 1. The maximum atomic E-state index is 12.1. The Morgan fingerprint density at radius 3 is 3.04 bits per heavy atom. The predicted octanol–water partition coefficient (Wildman–Crippen LogP) is 3.49. The number of aryl methyl sites for hydroxylation is 1. The van der Waals surface area contributed by atoms with Crippen molar-refractivity contribution in [3.8, 4) is 11.5 Å². The number of carbonyl (C=O) groups is 1. The third-order valence-corrected chi connectivity index (χ3v) is 5.25. The number of H-pyrrole nitrogens is 1. The topological polar surface area (TPSA) is 89.1 Å². The van der Waals surface area contributed by atoms with Crippen molar-refractivity contribution in [3.63, 3.8) is 0 Å². The van der Waals surface area contributed by atoms with Gasteiger partial charge in [-0.2, -0.15) is 0 Å². The molecule has 0 fully saturated rings. The molecule has 128 valence electrons. The second-order valence-electron chi connectivity index (χ2n) is 5.37. The van der Waals surface area contributed by atoms with Gasteiger partial charge >= 0.3 is 0 Å². The van der Waals surface area contributed by atoms with E-state index in [0.717, 1.165) is 15.7 Å². The molecule has 3 aromatic rings. The van der Waals surface area contributed by atoms with E-state index in [4.69, 9.17) is 9.47 Å². The Morgan fingerprint density at radius 1 is 1.32 bits per heavy atom. The molecule has 0 aliphatic carbocycles. The lowest BCUT2D eigenvalue weighted by Gasteiger charge is -2.05. The largest absolute Gasteiger partial charge is 0.454 e. The molecule has 0 radical (unpaired) electrons. The fraction of sp³-hybridized carbons (Fsp3) is 0.188. The first-order chi connectivity index (χ1) is 12.1. The number of hydrogen-bond acceptors (Lipinski definition) is 6. The van der Waals surface area contributed by atoms with Crippen LogP contribution in [0.3, 0.4) is 0 Å². The van der Waals surface area contributed by atoms with Gasteiger partial charge in [0, 0.05) is 16.2 Å². The average Bonchev–Trinajstić information content (AvgIpc) is 3.19. The smallest absolute Gasteiger partial charge is 0.234 e. The van der Waals surface area contributed by atoms with E-state index in [9.17, 15) is 4.79 Å². The molecule has 7 nitrogen and oxygen atoms in total. The minimum Gasteiger partial charge on any atom is -0.454 e. The number of hydrogen-bond donors (Lipinski definition) is 2. The highest BCUT2D eigenvalue weighted by Gasteiger charge is 2.15. The Bertz CT molecular complexity index is 936. The van der Waals surface area contributed by atoms with Crippen LogP contribution in [0.5, 0.6) is 11.5 Å². The van der Waals surface area contributed by atoms with Crippen LogP contribution in [0.1, 0.15) is 5.69 Å². The van der Waals surface area contributed by atoms with E-state index in [1.54, 1.807) is 18.2 Å². The number of amides is 1. The Kier molecular flexibility index (Phi) is 4.26. The molecule has 0 bridgehead atoms. The summed E-state index contributed by atoms with van der Waals surface area (Å²) in [7, 11) is 0. The summed E-state index contributed by atoms with van der Waals surface area (Å²) in [6.45, 7) is 2.11. The molecule has 1 amide bonds. The Balaban J connectivity index is 1.40. The van der Waals surface area contributed by atoms with Gasteiger partial charge in [-0.15, -0.1) is 0 Å². The van der Waals surface area contributed by atoms with E-state index in [1.165, 1.54) is 11.8 Å². The van der Waals surface area contributed by atoms with Crippen LogP contribution >= 0.6 is 27.7 Å². The number of fused-ring (bicyclic) bond motifs is 2. The van der Waals surface area contributed by atoms with E-state index in [0.29, 0.717) is 28.0 Å². The molecule has 1 aromatic carbocycles. The molecule has 0 saturated heterocycles. The maximum Gasteiger partial charge on any atom is 0.234 e. The van der Waals surface area contributed by atoms with Crippen molar-refractivity contribution in [2.24, 2.45) is 0 Å². The highest BCUT2D eigenvalue weighted by Crippen LogP contribution is 2.34. The van der Waals surface area contributed by atoms with E-state index in [1.807, 2.05) is 13.0 Å². The summed E-state index contributed by atoms with van der Waals surface area (Å²) in [5.41, 5.74) is 3.01. The number of halogens is 1. The van der Waals surface area contributed by atoms with Crippen LogP contribution in [0.4, 0.5) is 5.69 Å². The first-order valence-corrected chi connectivity index (χ1v) is 9.21. The summed E-state index contributed by atoms with van der Waals surface area (Å²) < 4.78 is 11.5. The SMILES string of the molecule is Cc1nc2nc(SCC(=O)Nc3ccc4c(c3)OCO4)[nH]c2cc1Br. The molecule has 2 aromatic heterocycles. The number of thioether (sulfide) groups is 1. The van der Waals surface area contributed by atoms with Crippen molar-refractivity contribution in [3.05, 3.63) is 34.4 Å². The predicted molar refractivity (Wildman–Crippen MR) is 98.2 cm³/mol. The van der Waals surface area contributed by atoms with E-state index < -0.39 is 0 Å². The molecule has 0 unspecified atom stereocenters. The molecule has 2 N–H and O–H groups in total. The molecule has 0 spiro atoms. The second-order valence-corrected chi connectivity index (χ2v) is 7.19. The van der Waals surface area contributed by atoms with Crippen LogP contribution in [0.25, 0.3) is 11.2 Å². The van der Waals surface area contributed by atoms with Gasteiger partial charge in [0.25, 0.3) is 0 Å². The number of nitrogens with one attached hydrogen (secondary N) is 2. The molecular formula is C16H13BrN4O3S. The van der Waals surface area contributed by atoms with Crippen molar-refractivity contribution < 1.29 is 14.3 Å². The molecular weight excluding hydrogens is 408 g/mol. The number of imidazole rings is 1. The zero-order valence-corrected chi connectivity index (χ0v) is 15.5. The van der Waals surface area contributed by atoms with Crippen molar-refractivity contribution >= 4 is 50.5 Å². The van der Waals surface area contributed by atoms with Gasteiger partial charge in [0.2, 0.25) is 12.7 Å². The first kappa shape index (κ1) is 16.2. The van der Waals surface area contributed by atoms with E-state index in [-0.39, 0.29) is 18.5 Å². The zero-order valence-electron chi connectivity index (χ0n) is 13.1. The summed E-state index contributed by atoms with van der Waals surface area (Å²) in [5, 5.41) is 3.49. The summed E-state index contributed by atoms with van der Waals surface area (Å²) in [6.07, 6.45) is 0. The number of benzene rings is 1. The number of ether oxygens (including phenoxy) is 2. The molecule has 0 saturated carbocycles. The minimum atomic E-state index is -0.130. The van der Waals surface area contributed by atoms with Gasteiger partial charge < -0.3 is 19.8 Å².